The van der Waals surface area contributed by atoms with Gasteiger partial charge in [0.15, 0.2) is 0 Å². The molecule has 0 spiro atoms. The second kappa shape index (κ2) is 4.85. The number of nitrogens with two attached hydrogens (primary N) is 1. The van der Waals surface area contributed by atoms with Crippen LogP contribution in [0.3, 0.4) is 0 Å². The Morgan fingerprint density at radius 3 is 3.06 bits per heavy atom. The lowest BCUT2D eigenvalue weighted by Gasteiger charge is -1.99. The fraction of sp³-hybridized carbons (Fsp3) is 0.333. The Hall–Kier alpha value is -2.06. The first-order chi connectivity index (χ1) is 8.24. The zero-order valence-electron chi connectivity index (χ0n) is 9.07. The van der Waals surface area contributed by atoms with Gasteiger partial charge in [0, 0.05) is 12.6 Å². The van der Waals surface area contributed by atoms with Gasteiger partial charge < -0.3 is 20.1 Å². The maximum atomic E-state index is 9.41. The standard InChI is InChI=1S/C9H11N5O3/c1-16-7-2-5(11-4-12-7)8-13-9(17-14-8)6(15)3-10/h2,4,6,15H,3,10H2,1H3. The van der Waals surface area contributed by atoms with E-state index >= 15 is 0 Å². The van der Waals surface area contributed by atoms with E-state index < -0.39 is 6.10 Å². The maximum Gasteiger partial charge on any atom is 0.257 e. The maximum absolute atomic E-state index is 9.41. The molecule has 17 heavy (non-hydrogen) atoms. The van der Waals surface area contributed by atoms with E-state index in [-0.39, 0.29) is 18.3 Å². The molecular weight excluding hydrogens is 226 g/mol. The van der Waals surface area contributed by atoms with Crippen molar-refractivity contribution in [2.24, 2.45) is 5.73 Å². The molecule has 0 saturated heterocycles. The van der Waals surface area contributed by atoms with Crippen molar-refractivity contribution in [3.8, 4) is 17.4 Å². The third-order valence-corrected chi connectivity index (χ3v) is 2.03. The van der Waals surface area contributed by atoms with Crippen molar-refractivity contribution >= 4 is 0 Å². The predicted octanol–water partition coefficient (Wildman–Crippen LogP) is -0.473. The molecule has 0 saturated carbocycles. The first-order valence-corrected chi connectivity index (χ1v) is 4.82. The molecule has 2 rings (SSSR count). The Bertz CT molecular complexity index is 501. The minimum absolute atomic E-state index is 0.00866. The van der Waals surface area contributed by atoms with Crippen LogP contribution in [0.15, 0.2) is 16.9 Å². The highest BCUT2D eigenvalue weighted by molar-refractivity contribution is 5.49. The van der Waals surface area contributed by atoms with Crippen molar-refractivity contribution in [3.05, 3.63) is 18.3 Å². The van der Waals surface area contributed by atoms with Crippen molar-refractivity contribution in [1.29, 1.82) is 0 Å². The van der Waals surface area contributed by atoms with Gasteiger partial charge in [-0.1, -0.05) is 5.16 Å². The Balaban J connectivity index is 2.30. The lowest BCUT2D eigenvalue weighted by Crippen LogP contribution is -2.11. The smallest absolute Gasteiger partial charge is 0.257 e. The molecule has 8 nitrogen and oxygen atoms in total. The lowest BCUT2D eigenvalue weighted by atomic mass is 10.3. The van der Waals surface area contributed by atoms with Crippen molar-refractivity contribution in [1.82, 2.24) is 20.1 Å². The van der Waals surface area contributed by atoms with Crippen LogP contribution in [0.2, 0.25) is 0 Å². The number of nitrogens with zero attached hydrogens (tertiary/aromatic N) is 4. The third kappa shape index (κ3) is 2.37. The highest BCUT2D eigenvalue weighted by Gasteiger charge is 2.16. The summed E-state index contributed by atoms with van der Waals surface area (Å²) in [6.07, 6.45) is 0.351. The number of aliphatic hydroxyl groups excluding tert-OH is 1. The average molecular weight is 237 g/mol. The van der Waals surface area contributed by atoms with Gasteiger partial charge in [-0.15, -0.1) is 0 Å². The van der Waals surface area contributed by atoms with E-state index in [1.807, 2.05) is 0 Å². The Kier molecular flexibility index (Phi) is 3.26. The van der Waals surface area contributed by atoms with Crippen molar-refractivity contribution in [2.75, 3.05) is 13.7 Å². The summed E-state index contributed by atoms with van der Waals surface area (Å²) in [5.74, 6) is 0.689. The largest absolute Gasteiger partial charge is 0.481 e. The molecule has 0 aliphatic heterocycles. The van der Waals surface area contributed by atoms with Crippen LogP contribution in [0.25, 0.3) is 11.5 Å². The average Bonchev–Trinajstić information content (AvgIpc) is 2.87. The number of aromatic nitrogens is 4. The van der Waals surface area contributed by atoms with E-state index in [0.717, 1.165) is 0 Å². The molecule has 1 unspecified atom stereocenters. The highest BCUT2D eigenvalue weighted by atomic mass is 16.5. The van der Waals surface area contributed by atoms with Gasteiger partial charge in [-0.3, -0.25) is 0 Å². The predicted molar refractivity (Wildman–Crippen MR) is 55.9 cm³/mol. The molecule has 0 bridgehead atoms. The lowest BCUT2D eigenvalue weighted by molar-refractivity contribution is 0.141. The van der Waals surface area contributed by atoms with Crippen LogP contribution in [0, 0.1) is 0 Å². The van der Waals surface area contributed by atoms with Gasteiger partial charge in [0.2, 0.25) is 11.7 Å². The number of hydrogen-bond acceptors (Lipinski definition) is 8. The Morgan fingerprint density at radius 2 is 2.35 bits per heavy atom. The number of ether oxygens (including phenoxy) is 1. The summed E-state index contributed by atoms with van der Waals surface area (Å²) in [5.41, 5.74) is 5.72. The van der Waals surface area contributed by atoms with Gasteiger partial charge >= 0.3 is 0 Å². The molecule has 3 N–H and O–H groups in total. The summed E-state index contributed by atoms with van der Waals surface area (Å²) >= 11 is 0. The van der Waals surface area contributed by atoms with Crippen LogP contribution in [-0.4, -0.2) is 38.9 Å². The third-order valence-electron chi connectivity index (χ3n) is 2.03. The van der Waals surface area contributed by atoms with E-state index in [1.165, 1.54) is 13.4 Å². The van der Waals surface area contributed by atoms with Gasteiger partial charge in [0.1, 0.15) is 18.1 Å². The van der Waals surface area contributed by atoms with Gasteiger partial charge in [0.05, 0.1) is 7.11 Å². The first-order valence-electron chi connectivity index (χ1n) is 4.82. The molecule has 0 fully saturated rings. The van der Waals surface area contributed by atoms with Crippen LogP contribution < -0.4 is 10.5 Å². The summed E-state index contributed by atoms with van der Waals surface area (Å²) in [6, 6.07) is 1.56. The van der Waals surface area contributed by atoms with Gasteiger partial charge in [-0.05, 0) is 0 Å². The van der Waals surface area contributed by atoms with E-state index in [1.54, 1.807) is 6.07 Å². The molecule has 90 valence electrons. The van der Waals surface area contributed by atoms with Crippen LogP contribution in [-0.2, 0) is 0 Å². The minimum Gasteiger partial charge on any atom is -0.481 e. The first kappa shape index (κ1) is 11.4. The second-order valence-corrected chi connectivity index (χ2v) is 3.15. The van der Waals surface area contributed by atoms with Crippen LogP contribution >= 0.6 is 0 Å². The molecular formula is C9H11N5O3. The summed E-state index contributed by atoms with van der Waals surface area (Å²) in [6.45, 7) is 0.00866. The Morgan fingerprint density at radius 1 is 1.53 bits per heavy atom. The SMILES string of the molecule is COc1cc(-c2noc(C(O)CN)n2)ncn1. The van der Waals surface area contributed by atoms with E-state index in [4.69, 9.17) is 15.0 Å². The molecule has 2 aromatic heterocycles. The van der Waals surface area contributed by atoms with E-state index in [0.29, 0.717) is 11.6 Å². The fourth-order valence-corrected chi connectivity index (χ4v) is 1.15. The number of aliphatic hydroxyl groups is 1. The second-order valence-electron chi connectivity index (χ2n) is 3.15. The number of hydrogen-bond donors (Lipinski definition) is 2. The Labute approximate surface area is 96.5 Å². The van der Waals surface area contributed by atoms with Crippen LogP contribution in [0.5, 0.6) is 5.88 Å². The molecule has 2 heterocycles. The molecule has 0 aromatic carbocycles. The minimum atomic E-state index is -0.972. The molecule has 0 radical (unpaired) electrons. The molecule has 0 aliphatic carbocycles. The van der Waals surface area contributed by atoms with Crippen LogP contribution in [0.1, 0.15) is 12.0 Å². The summed E-state index contributed by atoms with van der Waals surface area (Å²) in [4.78, 5) is 11.8. The monoisotopic (exact) mass is 237 g/mol. The fourth-order valence-electron chi connectivity index (χ4n) is 1.15. The molecule has 1 atom stereocenters. The molecule has 0 aliphatic rings. The molecule has 0 amide bonds. The van der Waals surface area contributed by atoms with Gasteiger partial charge in [-0.25, -0.2) is 9.97 Å². The highest BCUT2D eigenvalue weighted by Crippen LogP contribution is 2.18. The van der Waals surface area contributed by atoms with Crippen LogP contribution in [0.4, 0.5) is 0 Å². The molecule has 2 aromatic rings. The summed E-state index contributed by atoms with van der Waals surface area (Å²) < 4.78 is 9.80. The normalized spacial score (nSPS) is 12.4. The zero-order chi connectivity index (χ0) is 12.3. The van der Waals surface area contributed by atoms with Crippen molar-refractivity contribution in [3.63, 3.8) is 0 Å². The number of methoxy groups -OCH3 is 1. The van der Waals surface area contributed by atoms with E-state index in [9.17, 15) is 5.11 Å². The van der Waals surface area contributed by atoms with Gasteiger partial charge in [0.25, 0.3) is 5.89 Å². The van der Waals surface area contributed by atoms with Gasteiger partial charge in [-0.2, -0.15) is 4.98 Å². The zero-order valence-corrected chi connectivity index (χ0v) is 9.07. The van der Waals surface area contributed by atoms with E-state index in [2.05, 4.69) is 20.1 Å². The van der Waals surface area contributed by atoms with Crippen molar-refractivity contribution < 1.29 is 14.4 Å². The molecule has 8 heteroatoms. The van der Waals surface area contributed by atoms with Crippen molar-refractivity contribution in [2.45, 2.75) is 6.10 Å². The number of rotatable bonds is 4. The quantitative estimate of drug-likeness (QED) is 0.731. The topological polar surface area (TPSA) is 120 Å². The summed E-state index contributed by atoms with van der Waals surface area (Å²) in [5, 5.41) is 13.1. The summed E-state index contributed by atoms with van der Waals surface area (Å²) in [7, 11) is 1.49.